The first-order chi connectivity index (χ1) is 9.69. The van der Waals surface area contributed by atoms with Gasteiger partial charge in [0, 0.05) is 25.6 Å². The van der Waals surface area contributed by atoms with Gasteiger partial charge in [0.15, 0.2) is 0 Å². The molecule has 1 saturated carbocycles. The average Bonchev–Trinajstić information content (AvgIpc) is 2.50. The fourth-order valence-electron chi connectivity index (χ4n) is 3.42. The normalized spacial score (nSPS) is 23.1. The molecule has 0 heterocycles. The minimum absolute atomic E-state index is 0.131. The summed E-state index contributed by atoms with van der Waals surface area (Å²) >= 11 is 0. The summed E-state index contributed by atoms with van der Waals surface area (Å²) in [6.45, 7) is 6.26. The van der Waals surface area contributed by atoms with Gasteiger partial charge in [0.2, 0.25) is 5.91 Å². The molecule has 1 aliphatic carbocycles. The van der Waals surface area contributed by atoms with E-state index in [1.54, 1.807) is 7.11 Å². The quantitative estimate of drug-likeness (QED) is 0.744. The van der Waals surface area contributed by atoms with Crippen LogP contribution in [0.25, 0.3) is 0 Å². The van der Waals surface area contributed by atoms with Crippen LogP contribution in [0.15, 0.2) is 0 Å². The van der Waals surface area contributed by atoms with Crippen molar-refractivity contribution in [2.75, 3.05) is 26.8 Å². The third-order valence-corrected chi connectivity index (χ3v) is 4.73. The first-order valence-electron chi connectivity index (χ1n) is 8.18. The van der Waals surface area contributed by atoms with Crippen LogP contribution in [0, 0.1) is 11.8 Å². The fraction of sp³-hybridized carbons (Fsp3) is 0.938. The Morgan fingerprint density at radius 2 is 1.95 bits per heavy atom. The van der Waals surface area contributed by atoms with Crippen molar-refractivity contribution >= 4 is 5.91 Å². The van der Waals surface area contributed by atoms with Crippen molar-refractivity contribution in [1.82, 2.24) is 4.90 Å². The Labute approximate surface area is 124 Å². The molecular formula is C16H32N2O2. The maximum atomic E-state index is 12.9. The molecular weight excluding hydrogens is 252 g/mol. The molecule has 0 aromatic heterocycles. The van der Waals surface area contributed by atoms with E-state index in [0.717, 1.165) is 32.1 Å². The Morgan fingerprint density at radius 3 is 2.50 bits per heavy atom. The van der Waals surface area contributed by atoms with Gasteiger partial charge in [-0.25, -0.2) is 0 Å². The average molecular weight is 284 g/mol. The van der Waals surface area contributed by atoms with E-state index >= 15 is 0 Å². The Hall–Kier alpha value is -0.610. The second kappa shape index (κ2) is 9.35. The number of amides is 1. The van der Waals surface area contributed by atoms with Crippen molar-refractivity contribution in [3.05, 3.63) is 0 Å². The summed E-state index contributed by atoms with van der Waals surface area (Å²) in [4.78, 5) is 15.0. The SMILES string of the molecule is CCC(CC)N(CCOC)C(=O)C1CCCCC1CN. The maximum Gasteiger partial charge on any atom is 0.226 e. The van der Waals surface area contributed by atoms with Crippen LogP contribution < -0.4 is 5.73 Å². The van der Waals surface area contributed by atoms with E-state index in [0.29, 0.717) is 37.6 Å². The van der Waals surface area contributed by atoms with Gasteiger partial charge < -0.3 is 15.4 Å². The van der Waals surface area contributed by atoms with Gasteiger partial charge in [-0.1, -0.05) is 26.7 Å². The van der Waals surface area contributed by atoms with Gasteiger partial charge in [-0.2, -0.15) is 0 Å². The standard InChI is InChI=1S/C16H32N2O2/c1-4-14(5-2)18(10-11-20-3)16(19)15-9-7-6-8-13(15)12-17/h13-15H,4-12,17H2,1-3H3. The topological polar surface area (TPSA) is 55.6 Å². The molecule has 0 aromatic carbocycles. The lowest BCUT2D eigenvalue weighted by Gasteiger charge is -2.37. The van der Waals surface area contributed by atoms with Crippen molar-refractivity contribution in [1.29, 1.82) is 0 Å². The van der Waals surface area contributed by atoms with Gasteiger partial charge in [0.1, 0.15) is 0 Å². The molecule has 1 rings (SSSR count). The van der Waals surface area contributed by atoms with Crippen molar-refractivity contribution < 1.29 is 9.53 Å². The van der Waals surface area contributed by atoms with Crippen LogP contribution in [-0.4, -0.2) is 43.7 Å². The van der Waals surface area contributed by atoms with E-state index < -0.39 is 0 Å². The summed E-state index contributed by atoms with van der Waals surface area (Å²) < 4.78 is 5.18. The Morgan fingerprint density at radius 1 is 1.30 bits per heavy atom. The highest BCUT2D eigenvalue weighted by Gasteiger charge is 2.34. The molecule has 4 heteroatoms. The second-order valence-corrected chi connectivity index (χ2v) is 5.88. The molecule has 1 amide bonds. The minimum Gasteiger partial charge on any atom is -0.383 e. The summed E-state index contributed by atoms with van der Waals surface area (Å²) in [7, 11) is 1.69. The van der Waals surface area contributed by atoms with Crippen molar-refractivity contribution in [2.24, 2.45) is 17.6 Å². The molecule has 1 aliphatic rings. The lowest BCUT2D eigenvalue weighted by Crippen LogP contribution is -2.48. The largest absolute Gasteiger partial charge is 0.383 e. The molecule has 118 valence electrons. The predicted molar refractivity (Wildman–Crippen MR) is 82.5 cm³/mol. The van der Waals surface area contributed by atoms with Gasteiger partial charge in [-0.3, -0.25) is 4.79 Å². The zero-order chi connectivity index (χ0) is 15.0. The lowest BCUT2D eigenvalue weighted by molar-refractivity contribution is -0.141. The van der Waals surface area contributed by atoms with Gasteiger partial charge >= 0.3 is 0 Å². The van der Waals surface area contributed by atoms with Gasteiger partial charge in [0.05, 0.1) is 6.61 Å². The molecule has 0 radical (unpaired) electrons. The van der Waals surface area contributed by atoms with Crippen LogP contribution in [0.5, 0.6) is 0 Å². The van der Waals surface area contributed by atoms with Crippen LogP contribution in [0.1, 0.15) is 52.4 Å². The zero-order valence-corrected chi connectivity index (χ0v) is 13.4. The van der Waals surface area contributed by atoms with Crippen LogP contribution in [-0.2, 0) is 9.53 Å². The zero-order valence-electron chi connectivity index (χ0n) is 13.4. The number of ether oxygens (including phenoxy) is 1. The second-order valence-electron chi connectivity index (χ2n) is 5.88. The number of carbonyl (C=O) groups excluding carboxylic acids is 1. The molecule has 4 nitrogen and oxygen atoms in total. The van der Waals surface area contributed by atoms with Crippen LogP contribution >= 0.6 is 0 Å². The molecule has 0 saturated heterocycles. The Bertz CT molecular complexity index is 280. The van der Waals surface area contributed by atoms with Gasteiger partial charge in [0.25, 0.3) is 0 Å². The Kier molecular flexibility index (Phi) is 8.15. The fourth-order valence-corrected chi connectivity index (χ4v) is 3.42. The third kappa shape index (κ3) is 4.45. The highest BCUT2D eigenvalue weighted by Crippen LogP contribution is 2.31. The number of nitrogens with zero attached hydrogens (tertiary/aromatic N) is 1. The summed E-state index contributed by atoms with van der Waals surface area (Å²) in [5.74, 6) is 0.813. The van der Waals surface area contributed by atoms with E-state index in [9.17, 15) is 4.79 Å². The van der Waals surface area contributed by atoms with Crippen LogP contribution in [0.2, 0.25) is 0 Å². The van der Waals surface area contributed by atoms with Crippen LogP contribution in [0.3, 0.4) is 0 Å². The number of nitrogens with two attached hydrogens (primary N) is 1. The third-order valence-electron chi connectivity index (χ3n) is 4.73. The van der Waals surface area contributed by atoms with Gasteiger partial charge in [-0.05, 0) is 38.1 Å². The van der Waals surface area contributed by atoms with Gasteiger partial charge in [-0.15, -0.1) is 0 Å². The molecule has 0 aliphatic heterocycles. The summed E-state index contributed by atoms with van der Waals surface area (Å²) in [6, 6.07) is 0.331. The molecule has 2 N–H and O–H groups in total. The van der Waals surface area contributed by atoms with Crippen molar-refractivity contribution in [3.63, 3.8) is 0 Å². The first kappa shape index (κ1) is 17.4. The van der Waals surface area contributed by atoms with Crippen molar-refractivity contribution in [3.8, 4) is 0 Å². The van der Waals surface area contributed by atoms with E-state index in [2.05, 4.69) is 18.7 Å². The number of rotatable bonds is 8. The molecule has 20 heavy (non-hydrogen) atoms. The molecule has 0 spiro atoms. The maximum absolute atomic E-state index is 12.9. The molecule has 1 fully saturated rings. The number of carbonyl (C=O) groups is 1. The smallest absolute Gasteiger partial charge is 0.226 e. The highest BCUT2D eigenvalue weighted by molar-refractivity contribution is 5.79. The summed E-state index contributed by atoms with van der Waals surface area (Å²) in [5.41, 5.74) is 5.88. The van der Waals surface area contributed by atoms with E-state index in [1.165, 1.54) is 6.42 Å². The van der Waals surface area contributed by atoms with E-state index in [1.807, 2.05) is 0 Å². The van der Waals surface area contributed by atoms with Crippen molar-refractivity contribution in [2.45, 2.75) is 58.4 Å². The number of hydrogen-bond acceptors (Lipinski definition) is 3. The predicted octanol–water partition coefficient (Wildman–Crippen LogP) is 2.42. The molecule has 0 aromatic rings. The minimum atomic E-state index is 0.131. The molecule has 2 atom stereocenters. The first-order valence-corrected chi connectivity index (χ1v) is 8.18. The summed E-state index contributed by atoms with van der Waals surface area (Å²) in [6.07, 6.45) is 6.50. The number of hydrogen-bond donors (Lipinski definition) is 1. The molecule has 2 unspecified atom stereocenters. The Balaban J connectivity index is 2.78. The summed E-state index contributed by atoms with van der Waals surface area (Å²) in [5, 5.41) is 0. The highest BCUT2D eigenvalue weighted by atomic mass is 16.5. The number of methoxy groups -OCH3 is 1. The molecule has 0 bridgehead atoms. The van der Waals surface area contributed by atoms with E-state index in [4.69, 9.17) is 10.5 Å². The monoisotopic (exact) mass is 284 g/mol. The lowest BCUT2D eigenvalue weighted by atomic mass is 9.78. The van der Waals surface area contributed by atoms with Crippen LogP contribution in [0.4, 0.5) is 0 Å². The van der Waals surface area contributed by atoms with E-state index in [-0.39, 0.29) is 5.92 Å².